The molecule has 0 unspecified atom stereocenters. The van der Waals surface area contributed by atoms with Gasteiger partial charge in [0.05, 0.1) is 16.8 Å². The molecule has 12 heteroatoms. The van der Waals surface area contributed by atoms with Crippen LogP contribution in [0.15, 0.2) is 85.2 Å². The van der Waals surface area contributed by atoms with Crippen LogP contribution in [0.2, 0.25) is 0 Å². The summed E-state index contributed by atoms with van der Waals surface area (Å²) in [6.45, 7) is 1.32. The van der Waals surface area contributed by atoms with E-state index < -0.39 is 12.1 Å². The Morgan fingerprint density at radius 1 is 1.00 bits per heavy atom. The number of benzene rings is 2. The summed E-state index contributed by atoms with van der Waals surface area (Å²) < 4.78 is 46.0. The number of fused-ring (bicyclic) bond motifs is 1. The van der Waals surface area contributed by atoms with E-state index in [1.165, 1.54) is 12.1 Å². The first-order valence-corrected chi connectivity index (χ1v) is 12.6. The predicted molar refractivity (Wildman–Crippen MR) is 150 cm³/mol. The second-order valence-corrected chi connectivity index (χ2v) is 9.36. The van der Waals surface area contributed by atoms with Crippen LogP contribution in [0.5, 0.6) is 5.75 Å². The SMILES string of the molecule is CN(C)CCOc1cccc(Nc2nccc(-c3c(-c4cccc(NC(=O)C(F)(F)F)c4)nn4ccccc34)n2)c1. The molecular formula is C29H26F3N7O2. The Hall–Kier alpha value is -4.97. The van der Waals surface area contributed by atoms with Crippen LogP contribution in [0.3, 0.4) is 0 Å². The van der Waals surface area contributed by atoms with E-state index in [1.54, 1.807) is 35.1 Å². The molecule has 41 heavy (non-hydrogen) atoms. The van der Waals surface area contributed by atoms with Crippen LogP contribution in [0.1, 0.15) is 0 Å². The highest BCUT2D eigenvalue weighted by molar-refractivity contribution is 5.96. The molecule has 2 aromatic carbocycles. The molecule has 0 radical (unpaired) electrons. The van der Waals surface area contributed by atoms with Crippen molar-refractivity contribution in [3.63, 3.8) is 0 Å². The van der Waals surface area contributed by atoms with E-state index >= 15 is 0 Å². The number of hydrogen-bond donors (Lipinski definition) is 2. The van der Waals surface area contributed by atoms with Gasteiger partial charge in [-0.05, 0) is 56.6 Å². The van der Waals surface area contributed by atoms with Gasteiger partial charge in [0.25, 0.3) is 0 Å². The third-order valence-electron chi connectivity index (χ3n) is 6.00. The molecule has 5 rings (SSSR count). The fourth-order valence-electron chi connectivity index (χ4n) is 4.10. The molecule has 0 bridgehead atoms. The highest BCUT2D eigenvalue weighted by Crippen LogP contribution is 2.35. The molecular weight excluding hydrogens is 535 g/mol. The summed E-state index contributed by atoms with van der Waals surface area (Å²) >= 11 is 0. The number of carbonyl (C=O) groups excluding carboxylic acids is 1. The van der Waals surface area contributed by atoms with Crippen molar-refractivity contribution in [2.24, 2.45) is 0 Å². The Labute approximate surface area is 233 Å². The summed E-state index contributed by atoms with van der Waals surface area (Å²) in [5.41, 5.74) is 3.62. The molecule has 9 nitrogen and oxygen atoms in total. The minimum absolute atomic E-state index is 0.00874. The monoisotopic (exact) mass is 561 g/mol. The number of hydrogen-bond acceptors (Lipinski definition) is 7. The van der Waals surface area contributed by atoms with E-state index in [9.17, 15) is 18.0 Å². The van der Waals surface area contributed by atoms with Gasteiger partial charge in [0.2, 0.25) is 5.95 Å². The number of nitrogens with one attached hydrogen (secondary N) is 2. The van der Waals surface area contributed by atoms with Gasteiger partial charge in [-0.1, -0.05) is 24.3 Å². The van der Waals surface area contributed by atoms with Gasteiger partial charge in [0.1, 0.15) is 18.1 Å². The maximum Gasteiger partial charge on any atom is 0.471 e. The van der Waals surface area contributed by atoms with Crippen LogP contribution < -0.4 is 15.4 Å². The number of ether oxygens (including phenoxy) is 1. The van der Waals surface area contributed by atoms with Crippen LogP contribution in [-0.2, 0) is 4.79 Å². The summed E-state index contributed by atoms with van der Waals surface area (Å²) in [6.07, 6.45) is -1.63. The minimum Gasteiger partial charge on any atom is -0.492 e. The number of alkyl halides is 3. The quantitative estimate of drug-likeness (QED) is 0.240. The Morgan fingerprint density at radius 3 is 2.61 bits per heavy atom. The van der Waals surface area contributed by atoms with Crippen LogP contribution in [0.4, 0.5) is 30.5 Å². The van der Waals surface area contributed by atoms with Gasteiger partial charge in [-0.25, -0.2) is 14.5 Å². The highest BCUT2D eigenvalue weighted by Gasteiger charge is 2.38. The average molecular weight is 562 g/mol. The van der Waals surface area contributed by atoms with Crippen LogP contribution in [0, 0.1) is 0 Å². The lowest BCUT2D eigenvalue weighted by Crippen LogP contribution is -2.29. The fourth-order valence-corrected chi connectivity index (χ4v) is 4.10. The molecule has 0 aliphatic rings. The fraction of sp³-hybridized carbons (Fsp3) is 0.172. The Bertz CT molecular complexity index is 1680. The predicted octanol–water partition coefficient (Wildman–Crippen LogP) is 5.64. The molecule has 0 atom stereocenters. The molecule has 5 aromatic rings. The van der Waals surface area contributed by atoms with E-state index in [0.717, 1.165) is 17.7 Å². The number of rotatable bonds is 9. The first-order valence-electron chi connectivity index (χ1n) is 12.6. The third kappa shape index (κ3) is 6.61. The normalized spacial score (nSPS) is 11.6. The number of halogens is 3. The molecule has 2 N–H and O–H groups in total. The number of amides is 1. The minimum atomic E-state index is -5.01. The zero-order chi connectivity index (χ0) is 29.0. The summed E-state index contributed by atoms with van der Waals surface area (Å²) in [5, 5.41) is 9.78. The van der Waals surface area contributed by atoms with Crippen molar-refractivity contribution < 1.29 is 22.7 Å². The Morgan fingerprint density at radius 2 is 1.80 bits per heavy atom. The smallest absolute Gasteiger partial charge is 0.471 e. The molecule has 0 saturated carbocycles. The van der Waals surface area contributed by atoms with Gasteiger partial charge in [-0.15, -0.1) is 0 Å². The molecule has 0 fully saturated rings. The molecule has 3 heterocycles. The van der Waals surface area contributed by atoms with E-state index in [2.05, 4.69) is 15.4 Å². The Balaban J connectivity index is 1.48. The van der Waals surface area contributed by atoms with Gasteiger partial charge in [-0.2, -0.15) is 18.3 Å². The van der Waals surface area contributed by atoms with Gasteiger partial charge in [0, 0.05) is 41.9 Å². The zero-order valence-corrected chi connectivity index (χ0v) is 22.2. The molecule has 3 aromatic heterocycles. The summed E-state index contributed by atoms with van der Waals surface area (Å²) in [5.74, 6) is -1.01. The van der Waals surface area contributed by atoms with Crippen molar-refractivity contribution in [3.05, 3.63) is 85.2 Å². The van der Waals surface area contributed by atoms with Gasteiger partial charge < -0.3 is 20.3 Å². The number of anilines is 3. The molecule has 0 spiro atoms. The maximum absolute atomic E-state index is 12.8. The van der Waals surface area contributed by atoms with Crippen molar-refractivity contribution in [1.29, 1.82) is 0 Å². The first-order chi connectivity index (χ1) is 19.7. The van der Waals surface area contributed by atoms with Crippen LogP contribution in [0.25, 0.3) is 28.0 Å². The summed E-state index contributed by atoms with van der Waals surface area (Å²) in [6, 6.07) is 20.8. The molecule has 0 saturated heterocycles. The lowest BCUT2D eigenvalue weighted by Gasteiger charge is -2.12. The molecule has 1 amide bonds. The maximum atomic E-state index is 12.8. The van der Waals surface area contributed by atoms with Crippen molar-refractivity contribution in [1.82, 2.24) is 24.5 Å². The standard InChI is InChI=1S/C29H26F3N7O2/c1-38(2)15-16-41-22-10-6-9-21(18-22)35-28-33-13-12-23(36-28)25-24-11-3-4-14-39(24)37-26(25)19-7-5-8-20(17-19)34-27(40)29(30,31)32/h3-14,17-18H,15-16H2,1-2H3,(H,34,40)(H,33,35,36). The highest BCUT2D eigenvalue weighted by atomic mass is 19.4. The van der Waals surface area contributed by atoms with Gasteiger partial charge in [-0.3, -0.25) is 4.79 Å². The number of aromatic nitrogens is 4. The second-order valence-electron chi connectivity index (χ2n) is 9.36. The van der Waals surface area contributed by atoms with Gasteiger partial charge in [0.15, 0.2) is 0 Å². The first kappa shape index (κ1) is 27.6. The lowest BCUT2D eigenvalue weighted by atomic mass is 10.0. The molecule has 0 aliphatic heterocycles. The average Bonchev–Trinajstić information content (AvgIpc) is 3.33. The van der Waals surface area contributed by atoms with E-state index in [-0.39, 0.29) is 5.69 Å². The second kappa shape index (κ2) is 11.6. The van der Waals surface area contributed by atoms with E-state index in [0.29, 0.717) is 40.8 Å². The van der Waals surface area contributed by atoms with Gasteiger partial charge >= 0.3 is 12.1 Å². The van der Waals surface area contributed by atoms with Crippen molar-refractivity contribution >= 4 is 28.7 Å². The van der Waals surface area contributed by atoms with E-state index in [1.807, 2.05) is 66.8 Å². The summed E-state index contributed by atoms with van der Waals surface area (Å²) in [7, 11) is 3.95. The largest absolute Gasteiger partial charge is 0.492 e. The molecule has 0 aliphatic carbocycles. The van der Waals surface area contributed by atoms with E-state index in [4.69, 9.17) is 9.72 Å². The third-order valence-corrected chi connectivity index (χ3v) is 6.00. The summed E-state index contributed by atoms with van der Waals surface area (Å²) in [4.78, 5) is 22.6. The number of pyridine rings is 1. The zero-order valence-electron chi connectivity index (χ0n) is 22.2. The van der Waals surface area contributed by atoms with Crippen molar-refractivity contribution in [3.8, 4) is 28.3 Å². The Kier molecular flexibility index (Phi) is 7.83. The number of nitrogens with zero attached hydrogens (tertiary/aromatic N) is 5. The topological polar surface area (TPSA) is 96.7 Å². The van der Waals surface area contributed by atoms with Crippen LogP contribution in [-0.4, -0.2) is 63.8 Å². The van der Waals surface area contributed by atoms with Crippen molar-refractivity contribution in [2.45, 2.75) is 6.18 Å². The number of likely N-dealkylation sites (N-methyl/N-ethyl adjacent to an activating group) is 1. The van der Waals surface area contributed by atoms with Crippen molar-refractivity contribution in [2.75, 3.05) is 37.9 Å². The number of carbonyl (C=O) groups is 1. The lowest BCUT2D eigenvalue weighted by molar-refractivity contribution is -0.167. The van der Waals surface area contributed by atoms with Crippen LogP contribution >= 0.6 is 0 Å². The molecule has 210 valence electrons.